The maximum atomic E-state index is 12.9. The molecule has 160 valence electrons. The molecule has 0 heterocycles. The van der Waals surface area contributed by atoms with E-state index >= 15 is 0 Å². The lowest BCUT2D eigenvalue weighted by molar-refractivity contribution is -0.132. The van der Waals surface area contributed by atoms with Crippen molar-refractivity contribution in [2.75, 3.05) is 47.0 Å². The van der Waals surface area contributed by atoms with Gasteiger partial charge in [0.05, 0.1) is 18.8 Å². The number of carbonyl (C=O) groups is 3. The molecule has 0 bridgehead atoms. The molecule has 0 aromatic heterocycles. The number of nitrogens with zero attached hydrogens (tertiary/aromatic N) is 2. The fourth-order valence-electron chi connectivity index (χ4n) is 2.71. The summed E-state index contributed by atoms with van der Waals surface area (Å²) in [6.45, 7) is -0.0872. The maximum Gasteiger partial charge on any atom is 0.260 e. The van der Waals surface area contributed by atoms with E-state index in [0.29, 0.717) is 11.3 Å². The van der Waals surface area contributed by atoms with Crippen LogP contribution in [-0.4, -0.2) is 84.6 Å². The summed E-state index contributed by atoms with van der Waals surface area (Å²) in [5.74, 6) is -0.520. The highest BCUT2D eigenvalue weighted by molar-refractivity contribution is 6.15. The van der Waals surface area contributed by atoms with Crippen LogP contribution in [0.1, 0.15) is 26.3 Å². The number of ketones is 1. The van der Waals surface area contributed by atoms with Crippen LogP contribution in [0.25, 0.3) is 0 Å². The molecule has 2 amide bonds. The molecule has 2 rings (SSSR count). The van der Waals surface area contributed by atoms with Crippen LogP contribution < -0.4 is 4.74 Å². The molecule has 2 aromatic carbocycles. The van der Waals surface area contributed by atoms with E-state index in [-0.39, 0.29) is 61.6 Å². The van der Waals surface area contributed by atoms with Crippen LogP contribution in [0.5, 0.6) is 5.75 Å². The summed E-state index contributed by atoms with van der Waals surface area (Å²) in [5, 5.41) is 17.9. The summed E-state index contributed by atoms with van der Waals surface area (Å²) >= 11 is 0. The largest absolute Gasteiger partial charge is 0.484 e. The van der Waals surface area contributed by atoms with Gasteiger partial charge in [-0.25, -0.2) is 0 Å². The third kappa shape index (κ3) is 5.88. The SMILES string of the molecule is CN(CCO)C(=O)COc1ccc(C(=O)c2ccccc2C(=O)N(C)CCO)cc1. The molecule has 2 N–H and O–H groups in total. The highest BCUT2D eigenvalue weighted by atomic mass is 16.5. The number of hydrogen-bond acceptors (Lipinski definition) is 6. The first-order chi connectivity index (χ1) is 14.4. The van der Waals surface area contributed by atoms with Crippen LogP contribution in [0.15, 0.2) is 48.5 Å². The van der Waals surface area contributed by atoms with Crippen molar-refractivity contribution < 1.29 is 29.3 Å². The summed E-state index contributed by atoms with van der Waals surface area (Å²) in [5.41, 5.74) is 0.897. The van der Waals surface area contributed by atoms with Crippen molar-refractivity contribution in [2.24, 2.45) is 0 Å². The lowest BCUT2D eigenvalue weighted by Crippen LogP contribution is -2.33. The zero-order valence-corrected chi connectivity index (χ0v) is 17.1. The smallest absolute Gasteiger partial charge is 0.260 e. The zero-order valence-electron chi connectivity index (χ0n) is 17.1. The average molecular weight is 414 g/mol. The van der Waals surface area contributed by atoms with Crippen molar-refractivity contribution in [3.05, 3.63) is 65.2 Å². The summed E-state index contributed by atoms with van der Waals surface area (Å²) in [4.78, 5) is 40.1. The molecule has 0 saturated heterocycles. The van der Waals surface area contributed by atoms with E-state index in [2.05, 4.69) is 0 Å². The number of aliphatic hydroxyl groups excluding tert-OH is 2. The number of hydrogen-bond donors (Lipinski definition) is 2. The van der Waals surface area contributed by atoms with Crippen LogP contribution in [0, 0.1) is 0 Å². The second kappa shape index (κ2) is 11.1. The second-order valence-electron chi connectivity index (χ2n) is 6.68. The van der Waals surface area contributed by atoms with E-state index in [9.17, 15) is 14.4 Å². The topological polar surface area (TPSA) is 107 Å². The molecule has 2 aromatic rings. The monoisotopic (exact) mass is 414 g/mol. The first kappa shape index (κ1) is 23.1. The first-order valence-corrected chi connectivity index (χ1v) is 9.46. The molecule has 0 aliphatic heterocycles. The fraction of sp³-hybridized carbons (Fsp3) is 0.318. The van der Waals surface area contributed by atoms with E-state index in [0.717, 1.165) is 0 Å². The van der Waals surface area contributed by atoms with Gasteiger partial charge < -0.3 is 24.7 Å². The van der Waals surface area contributed by atoms with Gasteiger partial charge in [-0.3, -0.25) is 14.4 Å². The molecule has 0 aliphatic rings. The molecule has 0 aliphatic carbocycles. The van der Waals surface area contributed by atoms with E-state index in [1.165, 1.54) is 9.80 Å². The lowest BCUT2D eigenvalue weighted by Gasteiger charge is -2.17. The Hall–Kier alpha value is -3.23. The Morgan fingerprint density at radius 1 is 0.833 bits per heavy atom. The summed E-state index contributed by atoms with van der Waals surface area (Å²) in [7, 11) is 3.13. The molecule has 0 atom stereocenters. The molecule has 0 unspecified atom stereocenters. The molecule has 0 spiro atoms. The van der Waals surface area contributed by atoms with Crippen LogP contribution in [0.2, 0.25) is 0 Å². The third-order valence-electron chi connectivity index (χ3n) is 4.52. The normalized spacial score (nSPS) is 10.4. The standard InChI is InChI=1S/C22H26N2O6/c1-23(11-13-25)20(27)15-30-17-9-7-16(8-10-17)21(28)18-5-3-4-6-19(18)22(29)24(2)12-14-26/h3-10,25-26H,11-15H2,1-2H3. The lowest BCUT2D eigenvalue weighted by atomic mass is 9.97. The van der Waals surface area contributed by atoms with Crippen molar-refractivity contribution in [1.82, 2.24) is 9.80 Å². The number of amides is 2. The minimum absolute atomic E-state index is 0.126. The summed E-state index contributed by atoms with van der Waals surface area (Å²) in [6, 6.07) is 12.8. The van der Waals surface area contributed by atoms with Gasteiger partial charge in [0, 0.05) is 38.3 Å². The van der Waals surface area contributed by atoms with Gasteiger partial charge in [0.15, 0.2) is 12.4 Å². The van der Waals surface area contributed by atoms with Crippen LogP contribution in [0.3, 0.4) is 0 Å². The summed E-state index contributed by atoms with van der Waals surface area (Å²) < 4.78 is 5.43. The average Bonchev–Trinajstić information content (AvgIpc) is 2.77. The van der Waals surface area contributed by atoms with E-state index in [1.807, 2.05) is 0 Å². The Morgan fingerprint density at radius 2 is 1.40 bits per heavy atom. The van der Waals surface area contributed by atoms with Gasteiger partial charge in [0.1, 0.15) is 5.75 Å². The molecular formula is C22H26N2O6. The zero-order chi connectivity index (χ0) is 22.1. The van der Waals surface area contributed by atoms with Crippen molar-refractivity contribution in [1.29, 1.82) is 0 Å². The van der Waals surface area contributed by atoms with E-state index in [1.54, 1.807) is 62.6 Å². The Bertz CT molecular complexity index is 881. The van der Waals surface area contributed by atoms with Crippen LogP contribution >= 0.6 is 0 Å². The molecule has 0 saturated carbocycles. The minimum Gasteiger partial charge on any atom is -0.484 e. The highest BCUT2D eigenvalue weighted by Gasteiger charge is 2.20. The van der Waals surface area contributed by atoms with Crippen LogP contribution in [0.4, 0.5) is 0 Å². The predicted octanol–water partition coefficient (Wildman–Crippen LogP) is 0.811. The van der Waals surface area contributed by atoms with Crippen molar-refractivity contribution >= 4 is 17.6 Å². The number of ether oxygens (including phenoxy) is 1. The van der Waals surface area contributed by atoms with Gasteiger partial charge >= 0.3 is 0 Å². The predicted molar refractivity (Wildman–Crippen MR) is 111 cm³/mol. The van der Waals surface area contributed by atoms with Gasteiger partial charge in [0.25, 0.3) is 11.8 Å². The van der Waals surface area contributed by atoms with Gasteiger partial charge in [-0.1, -0.05) is 18.2 Å². The fourth-order valence-corrected chi connectivity index (χ4v) is 2.71. The second-order valence-corrected chi connectivity index (χ2v) is 6.68. The third-order valence-corrected chi connectivity index (χ3v) is 4.52. The van der Waals surface area contributed by atoms with Crippen molar-refractivity contribution in [3.8, 4) is 5.75 Å². The number of aliphatic hydroxyl groups is 2. The van der Waals surface area contributed by atoms with E-state index in [4.69, 9.17) is 14.9 Å². The molecule has 8 nitrogen and oxygen atoms in total. The van der Waals surface area contributed by atoms with E-state index < -0.39 is 0 Å². The number of likely N-dealkylation sites (N-methyl/N-ethyl adjacent to an activating group) is 2. The van der Waals surface area contributed by atoms with Gasteiger partial charge in [0.2, 0.25) is 0 Å². The Morgan fingerprint density at radius 3 is 2.00 bits per heavy atom. The number of rotatable bonds is 10. The first-order valence-electron chi connectivity index (χ1n) is 9.46. The summed E-state index contributed by atoms with van der Waals surface area (Å²) in [6.07, 6.45) is 0. The Balaban J connectivity index is 2.12. The van der Waals surface area contributed by atoms with Crippen molar-refractivity contribution in [2.45, 2.75) is 0 Å². The number of carbonyl (C=O) groups excluding carboxylic acids is 3. The van der Waals surface area contributed by atoms with Gasteiger partial charge in [-0.2, -0.15) is 0 Å². The quantitative estimate of drug-likeness (QED) is 0.557. The molecule has 30 heavy (non-hydrogen) atoms. The van der Waals surface area contributed by atoms with Gasteiger partial charge in [-0.15, -0.1) is 0 Å². The van der Waals surface area contributed by atoms with Gasteiger partial charge in [-0.05, 0) is 30.3 Å². The van der Waals surface area contributed by atoms with Crippen molar-refractivity contribution in [3.63, 3.8) is 0 Å². The number of benzene rings is 2. The Labute approximate surface area is 175 Å². The maximum absolute atomic E-state index is 12.9. The molecule has 0 fully saturated rings. The molecular weight excluding hydrogens is 388 g/mol. The Kier molecular flexibility index (Phi) is 8.52. The molecule has 8 heteroatoms. The minimum atomic E-state index is -0.349. The van der Waals surface area contributed by atoms with Crippen LogP contribution in [-0.2, 0) is 4.79 Å². The molecule has 0 radical (unpaired) electrons. The highest BCUT2D eigenvalue weighted by Crippen LogP contribution is 2.19.